The van der Waals surface area contributed by atoms with Gasteiger partial charge in [-0.25, -0.2) is 17.6 Å². The molecule has 1 fully saturated rings. The van der Waals surface area contributed by atoms with E-state index in [0.29, 0.717) is 18.3 Å². The van der Waals surface area contributed by atoms with Crippen molar-refractivity contribution in [3.8, 4) is 11.5 Å². The molecule has 37 heavy (non-hydrogen) atoms. The summed E-state index contributed by atoms with van der Waals surface area (Å²) in [7, 11) is 0. The van der Waals surface area contributed by atoms with Crippen LogP contribution in [0.2, 0.25) is 0 Å². The van der Waals surface area contributed by atoms with E-state index in [9.17, 15) is 39.5 Å². The number of halogens is 9. The zero-order valence-corrected chi connectivity index (χ0v) is 20.0. The molecule has 1 aliphatic carbocycles. The number of benzene rings is 2. The summed E-state index contributed by atoms with van der Waals surface area (Å²) < 4.78 is 130. The van der Waals surface area contributed by atoms with Crippen LogP contribution in [-0.2, 0) is 12.5 Å². The van der Waals surface area contributed by atoms with Crippen LogP contribution in [0.15, 0.2) is 24.3 Å². The zero-order valence-electron chi connectivity index (χ0n) is 20.0. The number of rotatable bonds is 10. The molecule has 11 heteroatoms. The predicted octanol–water partition coefficient (Wildman–Crippen LogP) is 9.20. The third-order valence-electron chi connectivity index (χ3n) is 6.60. The molecule has 0 bridgehead atoms. The Bertz CT molecular complexity index is 1010. The first kappa shape index (κ1) is 29.0. The molecule has 0 radical (unpaired) electrons. The summed E-state index contributed by atoms with van der Waals surface area (Å²) >= 11 is 0. The molecule has 0 heterocycles. The van der Waals surface area contributed by atoms with Gasteiger partial charge in [-0.15, -0.1) is 13.2 Å². The second-order valence-electron chi connectivity index (χ2n) is 9.38. The number of hydrogen-bond acceptors (Lipinski definition) is 2. The molecule has 0 aliphatic heterocycles. The Balaban J connectivity index is 1.67. The monoisotopic (exact) mass is 542 g/mol. The minimum Gasteiger partial charge on any atom is -0.429 e. The van der Waals surface area contributed by atoms with Gasteiger partial charge in [-0.2, -0.15) is 8.78 Å². The Kier molecular flexibility index (Phi) is 9.28. The first-order valence-electron chi connectivity index (χ1n) is 12.1. The van der Waals surface area contributed by atoms with E-state index in [0.717, 1.165) is 44.2 Å². The Hall–Kier alpha value is -2.59. The van der Waals surface area contributed by atoms with E-state index >= 15 is 0 Å². The predicted molar refractivity (Wildman–Crippen MR) is 117 cm³/mol. The fraction of sp³-hybridized carbons (Fsp3) is 0.538. The van der Waals surface area contributed by atoms with Crippen molar-refractivity contribution in [2.24, 2.45) is 11.8 Å². The maximum absolute atomic E-state index is 14.6. The molecule has 0 spiro atoms. The van der Waals surface area contributed by atoms with Gasteiger partial charge in [-0.1, -0.05) is 51.9 Å². The lowest BCUT2D eigenvalue weighted by Crippen LogP contribution is -2.26. The Labute approximate surface area is 208 Å². The Morgan fingerprint density at radius 3 is 1.73 bits per heavy atom. The highest BCUT2D eigenvalue weighted by atomic mass is 19.4. The van der Waals surface area contributed by atoms with Gasteiger partial charge in [0, 0.05) is 12.1 Å². The van der Waals surface area contributed by atoms with Crippen LogP contribution in [0.25, 0.3) is 0 Å². The van der Waals surface area contributed by atoms with Gasteiger partial charge < -0.3 is 9.47 Å². The van der Waals surface area contributed by atoms with Gasteiger partial charge in [0.25, 0.3) is 0 Å². The van der Waals surface area contributed by atoms with Gasteiger partial charge >= 0.3 is 12.5 Å². The Morgan fingerprint density at radius 1 is 0.730 bits per heavy atom. The van der Waals surface area contributed by atoms with Crippen LogP contribution in [0.4, 0.5) is 39.5 Å². The van der Waals surface area contributed by atoms with Crippen molar-refractivity contribution in [2.75, 3.05) is 0 Å². The second-order valence-corrected chi connectivity index (χ2v) is 9.38. The summed E-state index contributed by atoms with van der Waals surface area (Å²) in [5, 5.41) is 0. The standard InChI is InChI=1S/C26H27F9O2/c1-2-3-4-15-5-7-16(8-6-15)9-10-17-11-19(27)23(20(28)12-17)25(31,32)36-18-13-21(29)24(22(30)14-18)37-26(33,34)35/h11-16H,2-10H2,1H3/t15-,16-. The second kappa shape index (κ2) is 11.9. The van der Waals surface area contributed by atoms with E-state index in [4.69, 9.17) is 0 Å². The number of ether oxygens (including phenoxy) is 2. The summed E-state index contributed by atoms with van der Waals surface area (Å²) in [5.74, 6) is -9.36. The molecule has 1 aliphatic rings. The molecule has 1 saturated carbocycles. The fourth-order valence-electron chi connectivity index (χ4n) is 4.73. The van der Waals surface area contributed by atoms with Gasteiger partial charge in [0.2, 0.25) is 5.75 Å². The van der Waals surface area contributed by atoms with E-state index in [-0.39, 0.29) is 24.1 Å². The molecule has 2 aromatic rings. The smallest absolute Gasteiger partial charge is 0.429 e. The SMILES string of the molecule is CCCC[C@H]1CC[C@H](CCc2cc(F)c(C(F)(F)Oc3cc(F)c(OC(F)(F)F)c(F)c3)c(F)c2)CC1. The lowest BCUT2D eigenvalue weighted by atomic mass is 9.78. The molecule has 0 aromatic heterocycles. The third kappa shape index (κ3) is 7.95. The maximum atomic E-state index is 14.6. The highest BCUT2D eigenvalue weighted by molar-refractivity contribution is 5.36. The van der Waals surface area contributed by atoms with Crippen molar-refractivity contribution in [1.29, 1.82) is 0 Å². The lowest BCUT2D eigenvalue weighted by molar-refractivity contribution is -0.276. The van der Waals surface area contributed by atoms with E-state index in [2.05, 4.69) is 16.4 Å². The van der Waals surface area contributed by atoms with E-state index in [1.165, 1.54) is 12.8 Å². The minimum atomic E-state index is -5.45. The van der Waals surface area contributed by atoms with Crippen molar-refractivity contribution in [3.05, 3.63) is 58.7 Å². The van der Waals surface area contributed by atoms with Crippen molar-refractivity contribution >= 4 is 0 Å². The van der Waals surface area contributed by atoms with Crippen LogP contribution in [0, 0.1) is 35.1 Å². The van der Waals surface area contributed by atoms with Crippen molar-refractivity contribution < 1.29 is 49.0 Å². The van der Waals surface area contributed by atoms with E-state index < -0.39 is 52.8 Å². The molecule has 0 saturated heterocycles. The first-order valence-corrected chi connectivity index (χ1v) is 12.1. The first-order chi connectivity index (χ1) is 17.3. The highest BCUT2D eigenvalue weighted by Crippen LogP contribution is 2.39. The lowest BCUT2D eigenvalue weighted by Gasteiger charge is -2.28. The van der Waals surface area contributed by atoms with Gasteiger partial charge in [0.15, 0.2) is 11.6 Å². The van der Waals surface area contributed by atoms with E-state index in [1.54, 1.807) is 0 Å². The summed E-state index contributed by atoms with van der Waals surface area (Å²) in [6.07, 6.45) is -1.51. The molecule has 2 aromatic carbocycles. The summed E-state index contributed by atoms with van der Waals surface area (Å²) in [4.78, 5) is 0. The molecular weight excluding hydrogens is 515 g/mol. The van der Waals surface area contributed by atoms with Crippen LogP contribution in [-0.4, -0.2) is 6.36 Å². The zero-order chi connectivity index (χ0) is 27.4. The summed E-state index contributed by atoms with van der Waals surface area (Å²) in [6.45, 7) is 2.14. The molecule has 206 valence electrons. The van der Waals surface area contributed by atoms with Crippen LogP contribution in [0.5, 0.6) is 11.5 Å². The normalized spacial score (nSPS) is 18.6. The van der Waals surface area contributed by atoms with Crippen LogP contribution < -0.4 is 9.47 Å². The molecule has 3 rings (SSSR count). The van der Waals surface area contributed by atoms with E-state index in [1.807, 2.05) is 0 Å². The van der Waals surface area contributed by atoms with Gasteiger partial charge in [-0.3, -0.25) is 0 Å². The largest absolute Gasteiger partial charge is 0.573 e. The summed E-state index contributed by atoms with van der Waals surface area (Å²) in [6, 6.07) is 1.48. The number of unbranched alkanes of at least 4 members (excludes halogenated alkanes) is 1. The minimum absolute atomic E-state index is 0.0147. The summed E-state index contributed by atoms with van der Waals surface area (Å²) in [5.41, 5.74) is -1.61. The Morgan fingerprint density at radius 2 is 1.24 bits per heavy atom. The highest BCUT2D eigenvalue weighted by Gasteiger charge is 2.42. The third-order valence-corrected chi connectivity index (χ3v) is 6.60. The topological polar surface area (TPSA) is 18.5 Å². The number of aryl methyl sites for hydroxylation is 1. The average molecular weight is 542 g/mol. The molecule has 0 atom stereocenters. The van der Waals surface area contributed by atoms with Gasteiger partial charge in [-0.05, 0) is 42.4 Å². The molecule has 0 N–H and O–H groups in total. The fourth-order valence-corrected chi connectivity index (χ4v) is 4.73. The van der Waals surface area contributed by atoms with Gasteiger partial charge in [0.05, 0.1) is 0 Å². The number of alkyl halides is 5. The van der Waals surface area contributed by atoms with Crippen LogP contribution >= 0.6 is 0 Å². The molecular formula is C26H27F9O2. The van der Waals surface area contributed by atoms with Crippen LogP contribution in [0.1, 0.15) is 69.4 Å². The molecule has 0 amide bonds. The average Bonchev–Trinajstić information content (AvgIpc) is 2.78. The van der Waals surface area contributed by atoms with Gasteiger partial charge in [0.1, 0.15) is 22.9 Å². The quantitative estimate of drug-likeness (QED) is 0.279. The van der Waals surface area contributed by atoms with Crippen molar-refractivity contribution in [2.45, 2.75) is 77.2 Å². The van der Waals surface area contributed by atoms with Crippen LogP contribution in [0.3, 0.4) is 0 Å². The number of hydrogen-bond donors (Lipinski definition) is 0. The van der Waals surface area contributed by atoms with Crippen molar-refractivity contribution in [1.82, 2.24) is 0 Å². The van der Waals surface area contributed by atoms with Crippen molar-refractivity contribution in [3.63, 3.8) is 0 Å². The molecule has 2 nitrogen and oxygen atoms in total. The molecule has 0 unspecified atom stereocenters. The maximum Gasteiger partial charge on any atom is 0.573 e.